The molecule has 0 aromatic rings. The topological polar surface area (TPSA) is 32.3 Å². The van der Waals surface area contributed by atoms with Gasteiger partial charge in [0.05, 0.1) is 8.56 Å². The van der Waals surface area contributed by atoms with Crippen LogP contribution < -0.4 is 4.80 Å². The van der Waals surface area contributed by atoms with Crippen molar-refractivity contribution >= 4 is 8.56 Å². The molecule has 0 N–H and O–H groups in total. The summed E-state index contributed by atoms with van der Waals surface area (Å²) < 4.78 is 5.26. The molecule has 0 bridgehead atoms. The molecule has 1 saturated heterocycles. The van der Waals surface area contributed by atoms with Crippen molar-refractivity contribution in [2.45, 2.75) is 38.5 Å². The number of hydrogen-bond acceptors (Lipinski definition) is 2. The van der Waals surface area contributed by atoms with Gasteiger partial charge in [-0.05, 0) is 19.4 Å². The Morgan fingerprint density at radius 3 is 2.67 bits per heavy atom. The van der Waals surface area contributed by atoms with E-state index in [2.05, 4.69) is 0 Å². The summed E-state index contributed by atoms with van der Waals surface area (Å²) in [5.74, 6) is 0. The third kappa shape index (κ3) is 2.08. The summed E-state index contributed by atoms with van der Waals surface area (Å²) in [5, 5.41) is 0. The van der Waals surface area contributed by atoms with Crippen molar-refractivity contribution in [3.63, 3.8) is 0 Å². The molecule has 2 nitrogen and oxygen atoms in total. The van der Waals surface area contributed by atoms with Gasteiger partial charge in [-0.2, -0.15) is 0 Å². The van der Waals surface area contributed by atoms with Gasteiger partial charge in [-0.3, -0.25) is 0 Å². The third-order valence-corrected chi connectivity index (χ3v) is 3.85. The third-order valence-electron chi connectivity index (χ3n) is 1.69. The maximum Gasteiger partial charge on any atom is 0.0969 e. The Morgan fingerprint density at radius 2 is 2.33 bits per heavy atom. The van der Waals surface area contributed by atoms with Crippen LogP contribution in [-0.2, 0) is 4.43 Å². The van der Waals surface area contributed by atoms with E-state index in [4.69, 9.17) is 4.43 Å². The second-order valence-electron chi connectivity index (χ2n) is 2.95. The van der Waals surface area contributed by atoms with Crippen molar-refractivity contribution in [2.75, 3.05) is 0 Å². The molecule has 3 heteroatoms. The van der Waals surface area contributed by atoms with Gasteiger partial charge in [0.1, 0.15) is 0 Å². The molecule has 1 rings (SSSR count). The van der Waals surface area contributed by atoms with E-state index in [1.807, 2.05) is 6.92 Å². The molecule has 1 aliphatic heterocycles. The standard InChI is InChI=1S/C6H13O2Si/c1-6-4-3-5-9(2,7)8-6/h6H,3-5H2,1-2H3/q-1. The molecule has 0 aromatic heterocycles. The fourth-order valence-electron chi connectivity index (χ4n) is 1.25. The minimum Gasteiger partial charge on any atom is -0.838 e. The highest BCUT2D eigenvalue weighted by Crippen LogP contribution is 2.20. The van der Waals surface area contributed by atoms with Crippen LogP contribution in [0.1, 0.15) is 19.8 Å². The van der Waals surface area contributed by atoms with Crippen LogP contribution in [0.4, 0.5) is 0 Å². The maximum atomic E-state index is 11.2. The second kappa shape index (κ2) is 2.40. The fraction of sp³-hybridized carbons (Fsp3) is 1.00. The average molecular weight is 145 g/mol. The first-order valence-corrected chi connectivity index (χ1v) is 6.01. The lowest BCUT2D eigenvalue weighted by Crippen LogP contribution is -2.53. The molecule has 0 amide bonds. The SMILES string of the molecule is CC1CCC[Si](C)([O-])O1. The Hall–Kier alpha value is 0.137. The van der Waals surface area contributed by atoms with Crippen LogP contribution in [0.2, 0.25) is 12.6 Å². The highest BCUT2D eigenvalue weighted by atomic mass is 28.4. The summed E-state index contributed by atoms with van der Waals surface area (Å²) in [4.78, 5) is 11.2. The van der Waals surface area contributed by atoms with Gasteiger partial charge in [0.2, 0.25) is 0 Å². The monoisotopic (exact) mass is 145 g/mol. The largest absolute Gasteiger partial charge is 0.838 e. The van der Waals surface area contributed by atoms with Gasteiger partial charge in [0, 0.05) is 6.10 Å². The molecule has 0 radical (unpaired) electrons. The molecular weight excluding hydrogens is 132 g/mol. The average Bonchev–Trinajstić information content (AvgIpc) is 1.60. The van der Waals surface area contributed by atoms with E-state index in [0.717, 1.165) is 18.9 Å². The molecule has 1 fully saturated rings. The van der Waals surface area contributed by atoms with Crippen molar-refractivity contribution in [3.8, 4) is 0 Å². The first-order valence-electron chi connectivity index (χ1n) is 3.48. The molecule has 2 atom stereocenters. The first kappa shape index (κ1) is 7.25. The van der Waals surface area contributed by atoms with Gasteiger partial charge in [0.25, 0.3) is 0 Å². The van der Waals surface area contributed by atoms with Crippen LogP contribution in [-0.4, -0.2) is 14.7 Å². The van der Waals surface area contributed by atoms with Crippen molar-refractivity contribution in [2.24, 2.45) is 0 Å². The van der Waals surface area contributed by atoms with Crippen molar-refractivity contribution < 1.29 is 9.22 Å². The van der Waals surface area contributed by atoms with Gasteiger partial charge in [0.15, 0.2) is 0 Å². The van der Waals surface area contributed by atoms with E-state index in [9.17, 15) is 4.80 Å². The summed E-state index contributed by atoms with van der Waals surface area (Å²) >= 11 is 0. The first-order chi connectivity index (χ1) is 4.10. The molecule has 2 unspecified atom stereocenters. The van der Waals surface area contributed by atoms with E-state index >= 15 is 0 Å². The minimum atomic E-state index is -2.40. The van der Waals surface area contributed by atoms with Gasteiger partial charge in [-0.25, -0.2) is 0 Å². The highest BCUT2D eigenvalue weighted by molar-refractivity contribution is 6.63. The van der Waals surface area contributed by atoms with Gasteiger partial charge in [-0.15, -0.1) is 0 Å². The summed E-state index contributed by atoms with van der Waals surface area (Å²) in [6.07, 6.45) is 2.38. The quantitative estimate of drug-likeness (QED) is 0.468. The summed E-state index contributed by atoms with van der Waals surface area (Å²) in [7, 11) is -2.40. The zero-order valence-corrected chi connectivity index (χ0v) is 7.02. The van der Waals surface area contributed by atoms with Crippen LogP contribution in [0.5, 0.6) is 0 Å². The molecule has 0 aromatic carbocycles. The van der Waals surface area contributed by atoms with Crippen molar-refractivity contribution in [3.05, 3.63) is 0 Å². The summed E-state index contributed by atoms with van der Waals surface area (Å²) in [6.45, 7) is 3.74. The van der Waals surface area contributed by atoms with Gasteiger partial charge < -0.3 is 9.22 Å². The summed E-state index contributed by atoms with van der Waals surface area (Å²) in [5.41, 5.74) is 0. The Labute approximate surface area is 57.1 Å². The van der Waals surface area contributed by atoms with Gasteiger partial charge >= 0.3 is 0 Å². The Balaban J connectivity index is 2.41. The van der Waals surface area contributed by atoms with Crippen LogP contribution >= 0.6 is 0 Å². The van der Waals surface area contributed by atoms with Crippen LogP contribution in [0.25, 0.3) is 0 Å². The van der Waals surface area contributed by atoms with Crippen LogP contribution in [0.15, 0.2) is 0 Å². The molecule has 0 spiro atoms. The number of hydrogen-bond donors (Lipinski definition) is 0. The minimum absolute atomic E-state index is 0.230. The smallest absolute Gasteiger partial charge is 0.0969 e. The molecule has 9 heavy (non-hydrogen) atoms. The lowest BCUT2D eigenvalue weighted by Gasteiger charge is -2.41. The van der Waals surface area contributed by atoms with E-state index in [1.165, 1.54) is 0 Å². The van der Waals surface area contributed by atoms with Gasteiger partial charge in [-0.1, -0.05) is 13.0 Å². The molecule has 0 aliphatic carbocycles. The van der Waals surface area contributed by atoms with E-state index in [-0.39, 0.29) is 6.10 Å². The zero-order chi connectivity index (χ0) is 6.91. The van der Waals surface area contributed by atoms with E-state index < -0.39 is 8.56 Å². The molecule has 1 aliphatic rings. The summed E-state index contributed by atoms with van der Waals surface area (Å²) in [6, 6.07) is 0.803. The highest BCUT2D eigenvalue weighted by Gasteiger charge is 2.21. The molecule has 1 heterocycles. The predicted molar refractivity (Wildman–Crippen MR) is 36.2 cm³/mol. The van der Waals surface area contributed by atoms with Crippen molar-refractivity contribution in [1.82, 2.24) is 0 Å². The Kier molecular flexibility index (Phi) is 1.93. The van der Waals surface area contributed by atoms with E-state index in [0.29, 0.717) is 0 Å². The second-order valence-corrected chi connectivity index (χ2v) is 5.96. The predicted octanol–water partition coefficient (Wildman–Crippen LogP) is 0.618. The molecule has 0 saturated carbocycles. The van der Waals surface area contributed by atoms with Crippen LogP contribution in [0, 0.1) is 0 Å². The lowest BCUT2D eigenvalue weighted by molar-refractivity contribution is -0.246. The van der Waals surface area contributed by atoms with E-state index in [1.54, 1.807) is 6.55 Å². The fourth-order valence-corrected chi connectivity index (χ4v) is 3.19. The lowest BCUT2D eigenvalue weighted by atomic mass is 10.2. The zero-order valence-electron chi connectivity index (χ0n) is 6.02. The maximum absolute atomic E-state index is 11.2. The molecular formula is C6H13O2Si-. The Bertz CT molecular complexity index is 103. The normalized spacial score (nSPS) is 45.0. The van der Waals surface area contributed by atoms with Crippen LogP contribution in [0.3, 0.4) is 0 Å². The van der Waals surface area contributed by atoms with Crippen molar-refractivity contribution in [1.29, 1.82) is 0 Å². The number of rotatable bonds is 0. The molecule has 54 valence electrons. The Morgan fingerprint density at radius 1 is 1.67 bits per heavy atom.